The number of hydrogen-bond acceptors (Lipinski definition) is 3. The van der Waals surface area contributed by atoms with Gasteiger partial charge in [0.2, 0.25) is 5.91 Å². The predicted octanol–water partition coefficient (Wildman–Crippen LogP) is 0.746. The molecule has 0 bridgehead atoms. The van der Waals surface area contributed by atoms with E-state index in [4.69, 9.17) is 0 Å². The third-order valence-corrected chi connectivity index (χ3v) is 2.93. The number of rotatable bonds is 3. The van der Waals surface area contributed by atoms with Gasteiger partial charge in [0.1, 0.15) is 0 Å². The van der Waals surface area contributed by atoms with Gasteiger partial charge < -0.3 is 4.90 Å². The van der Waals surface area contributed by atoms with Crippen LogP contribution >= 0.6 is 0 Å². The van der Waals surface area contributed by atoms with Crippen LogP contribution in [0.2, 0.25) is 0 Å². The van der Waals surface area contributed by atoms with Gasteiger partial charge in [-0.3, -0.25) is 14.7 Å². The van der Waals surface area contributed by atoms with Crippen LogP contribution in [0, 0.1) is 0 Å². The van der Waals surface area contributed by atoms with E-state index < -0.39 is 0 Å². The first-order valence-electron chi connectivity index (χ1n) is 5.68. The molecule has 2 rings (SSSR count). The summed E-state index contributed by atoms with van der Waals surface area (Å²) in [7, 11) is 0. The van der Waals surface area contributed by atoms with Gasteiger partial charge in [-0.15, -0.1) is 0 Å². The molecule has 1 aromatic heterocycles. The highest BCUT2D eigenvalue weighted by atomic mass is 16.2. The molecule has 0 aliphatic carbocycles. The first-order valence-corrected chi connectivity index (χ1v) is 5.68. The van der Waals surface area contributed by atoms with E-state index in [-0.39, 0.29) is 5.91 Å². The lowest BCUT2D eigenvalue weighted by Gasteiger charge is -2.33. The highest BCUT2D eigenvalue weighted by Gasteiger charge is 2.22. The van der Waals surface area contributed by atoms with Gasteiger partial charge in [0.05, 0.1) is 6.54 Å². The first kappa shape index (κ1) is 11.1. The second-order valence-electron chi connectivity index (χ2n) is 4.04. The lowest BCUT2D eigenvalue weighted by molar-refractivity contribution is -0.135. The summed E-state index contributed by atoms with van der Waals surface area (Å²) in [5, 5.41) is 0. The standard InChI is InChI=1S/C12H17N3O/c1-2-15-8-7-14(10-12(15)16)9-11-3-5-13-6-4-11/h3-6H,2,7-10H2,1H3. The molecule has 1 aliphatic heterocycles. The summed E-state index contributed by atoms with van der Waals surface area (Å²) in [4.78, 5) is 19.8. The summed E-state index contributed by atoms with van der Waals surface area (Å²) >= 11 is 0. The van der Waals surface area contributed by atoms with Crippen molar-refractivity contribution >= 4 is 5.91 Å². The van der Waals surface area contributed by atoms with Gasteiger partial charge in [0.25, 0.3) is 0 Å². The fraction of sp³-hybridized carbons (Fsp3) is 0.500. The maximum absolute atomic E-state index is 11.7. The molecule has 0 saturated carbocycles. The van der Waals surface area contributed by atoms with Crippen molar-refractivity contribution in [2.75, 3.05) is 26.2 Å². The van der Waals surface area contributed by atoms with Crippen molar-refractivity contribution in [2.45, 2.75) is 13.5 Å². The van der Waals surface area contributed by atoms with E-state index in [2.05, 4.69) is 9.88 Å². The second-order valence-corrected chi connectivity index (χ2v) is 4.04. The molecule has 0 N–H and O–H groups in total. The van der Waals surface area contributed by atoms with Crippen LogP contribution in [0.5, 0.6) is 0 Å². The Bertz CT molecular complexity index is 353. The zero-order valence-electron chi connectivity index (χ0n) is 9.59. The highest BCUT2D eigenvalue weighted by Crippen LogP contribution is 2.08. The van der Waals surface area contributed by atoms with E-state index in [1.807, 2.05) is 24.0 Å². The average molecular weight is 219 g/mol. The van der Waals surface area contributed by atoms with Crippen LogP contribution in [0.1, 0.15) is 12.5 Å². The minimum absolute atomic E-state index is 0.239. The molecule has 1 fully saturated rings. The number of carbonyl (C=O) groups is 1. The summed E-state index contributed by atoms with van der Waals surface area (Å²) in [5.41, 5.74) is 1.22. The summed E-state index contributed by atoms with van der Waals surface area (Å²) in [5.74, 6) is 0.239. The van der Waals surface area contributed by atoms with Crippen molar-refractivity contribution in [3.63, 3.8) is 0 Å². The third kappa shape index (κ3) is 2.58. The summed E-state index contributed by atoms with van der Waals surface area (Å²) in [6.45, 7) is 6.03. The highest BCUT2D eigenvalue weighted by molar-refractivity contribution is 5.78. The van der Waals surface area contributed by atoms with Crippen LogP contribution in [0.25, 0.3) is 0 Å². The second kappa shape index (κ2) is 5.07. The summed E-state index contributed by atoms with van der Waals surface area (Å²) in [6, 6.07) is 3.99. The van der Waals surface area contributed by atoms with Crippen LogP contribution in [0.15, 0.2) is 24.5 Å². The van der Waals surface area contributed by atoms with Crippen molar-refractivity contribution in [2.24, 2.45) is 0 Å². The van der Waals surface area contributed by atoms with Gasteiger partial charge in [0.15, 0.2) is 0 Å². The van der Waals surface area contributed by atoms with Gasteiger partial charge in [0, 0.05) is 38.6 Å². The summed E-state index contributed by atoms with van der Waals surface area (Å²) in [6.07, 6.45) is 3.58. The number of pyridine rings is 1. The van der Waals surface area contributed by atoms with Gasteiger partial charge in [-0.25, -0.2) is 0 Å². The van der Waals surface area contributed by atoms with Gasteiger partial charge in [-0.1, -0.05) is 0 Å². The van der Waals surface area contributed by atoms with Crippen LogP contribution in [0.3, 0.4) is 0 Å². The van der Waals surface area contributed by atoms with Crippen molar-refractivity contribution in [1.29, 1.82) is 0 Å². The van der Waals surface area contributed by atoms with Crippen molar-refractivity contribution in [1.82, 2.24) is 14.8 Å². The average Bonchev–Trinajstić information content (AvgIpc) is 2.31. The van der Waals surface area contributed by atoms with E-state index in [1.165, 1.54) is 5.56 Å². The van der Waals surface area contributed by atoms with Crippen LogP contribution in [0.4, 0.5) is 0 Å². The fourth-order valence-corrected chi connectivity index (χ4v) is 1.97. The summed E-state index contributed by atoms with van der Waals surface area (Å²) < 4.78 is 0. The van der Waals surface area contributed by atoms with Crippen molar-refractivity contribution in [3.8, 4) is 0 Å². The molecule has 1 aromatic rings. The van der Waals surface area contributed by atoms with E-state index in [0.29, 0.717) is 6.54 Å². The molecule has 0 unspecified atom stereocenters. The zero-order valence-corrected chi connectivity index (χ0v) is 9.59. The van der Waals surface area contributed by atoms with Gasteiger partial charge in [-0.2, -0.15) is 0 Å². The monoisotopic (exact) mass is 219 g/mol. The quantitative estimate of drug-likeness (QED) is 0.752. The predicted molar refractivity (Wildman–Crippen MR) is 61.8 cm³/mol. The molecule has 0 aromatic carbocycles. The first-order chi connectivity index (χ1) is 7.79. The number of carbonyl (C=O) groups excluding carboxylic acids is 1. The van der Waals surface area contributed by atoms with E-state index >= 15 is 0 Å². The molecular formula is C12H17N3O. The number of aromatic nitrogens is 1. The molecule has 0 spiro atoms. The molecule has 4 heteroatoms. The minimum atomic E-state index is 0.239. The fourth-order valence-electron chi connectivity index (χ4n) is 1.97. The number of nitrogens with zero attached hydrogens (tertiary/aromatic N) is 3. The SMILES string of the molecule is CCN1CCN(Cc2ccncc2)CC1=O. The number of amides is 1. The Morgan fingerprint density at radius 3 is 2.69 bits per heavy atom. The van der Waals surface area contributed by atoms with Crippen LogP contribution < -0.4 is 0 Å². The lowest BCUT2D eigenvalue weighted by Crippen LogP contribution is -2.49. The lowest BCUT2D eigenvalue weighted by atomic mass is 10.2. The number of hydrogen-bond donors (Lipinski definition) is 0. The van der Waals surface area contributed by atoms with Gasteiger partial charge >= 0.3 is 0 Å². The largest absolute Gasteiger partial charge is 0.341 e. The molecule has 0 radical (unpaired) electrons. The maximum Gasteiger partial charge on any atom is 0.236 e. The Hall–Kier alpha value is -1.42. The van der Waals surface area contributed by atoms with Crippen molar-refractivity contribution < 1.29 is 4.79 Å². The smallest absolute Gasteiger partial charge is 0.236 e. The Labute approximate surface area is 95.9 Å². The third-order valence-electron chi connectivity index (χ3n) is 2.93. The molecule has 1 aliphatic rings. The Morgan fingerprint density at radius 2 is 2.06 bits per heavy atom. The molecule has 1 saturated heterocycles. The molecular weight excluding hydrogens is 202 g/mol. The van der Waals surface area contributed by atoms with Crippen molar-refractivity contribution in [3.05, 3.63) is 30.1 Å². The maximum atomic E-state index is 11.7. The Balaban J connectivity index is 1.91. The molecule has 86 valence electrons. The number of likely N-dealkylation sites (N-methyl/N-ethyl adjacent to an activating group) is 1. The van der Waals surface area contributed by atoms with E-state index in [1.54, 1.807) is 12.4 Å². The number of piperazine rings is 1. The zero-order chi connectivity index (χ0) is 11.4. The molecule has 4 nitrogen and oxygen atoms in total. The Morgan fingerprint density at radius 1 is 1.31 bits per heavy atom. The molecule has 2 heterocycles. The topological polar surface area (TPSA) is 36.4 Å². The van der Waals surface area contributed by atoms with Crippen LogP contribution in [-0.2, 0) is 11.3 Å². The van der Waals surface area contributed by atoms with E-state index in [0.717, 1.165) is 26.2 Å². The minimum Gasteiger partial charge on any atom is -0.341 e. The normalized spacial score (nSPS) is 17.8. The Kier molecular flexibility index (Phi) is 3.51. The van der Waals surface area contributed by atoms with E-state index in [9.17, 15) is 4.79 Å². The molecule has 16 heavy (non-hydrogen) atoms. The molecule has 0 atom stereocenters. The molecule has 1 amide bonds. The van der Waals surface area contributed by atoms with Gasteiger partial charge in [-0.05, 0) is 24.6 Å². The van der Waals surface area contributed by atoms with Crippen LogP contribution in [-0.4, -0.2) is 46.9 Å².